The van der Waals surface area contributed by atoms with Crippen LogP contribution in [0.1, 0.15) is 43.1 Å². The molecule has 0 radical (unpaired) electrons. The number of nitrogens with zero attached hydrogens (tertiary/aromatic N) is 3. The summed E-state index contributed by atoms with van der Waals surface area (Å²) < 4.78 is 0. The SMILES string of the molecule is CCCCCCN(CCO)C(=O)c1ccc(Cl)nn1. The molecule has 0 aliphatic carbocycles. The molecule has 0 spiro atoms. The summed E-state index contributed by atoms with van der Waals surface area (Å²) in [6.07, 6.45) is 4.32. The molecule has 1 N–H and O–H groups in total. The first kappa shape index (κ1) is 15.9. The Labute approximate surface area is 118 Å². The predicted octanol–water partition coefficient (Wildman–Crippen LogP) is 2.14. The van der Waals surface area contributed by atoms with Crippen molar-refractivity contribution >= 4 is 17.5 Å². The molecule has 19 heavy (non-hydrogen) atoms. The molecule has 0 aliphatic heterocycles. The van der Waals surface area contributed by atoms with E-state index in [9.17, 15) is 4.79 Å². The van der Waals surface area contributed by atoms with Crippen molar-refractivity contribution < 1.29 is 9.90 Å². The summed E-state index contributed by atoms with van der Waals surface area (Å²) in [5.41, 5.74) is 0.258. The minimum Gasteiger partial charge on any atom is -0.395 e. The lowest BCUT2D eigenvalue weighted by molar-refractivity contribution is 0.0711. The second-order valence-corrected chi connectivity index (χ2v) is 4.71. The van der Waals surface area contributed by atoms with Crippen molar-refractivity contribution in [3.63, 3.8) is 0 Å². The number of hydrogen-bond donors (Lipinski definition) is 1. The number of hydrogen-bond acceptors (Lipinski definition) is 4. The standard InChI is InChI=1S/C13H20ClN3O2/c1-2-3-4-5-8-17(9-10-18)13(19)11-6-7-12(14)16-15-11/h6-7,18H,2-5,8-10H2,1H3. The van der Waals surface area contributed by atoms with Gasteiger partial charge in [-0.2, -0.15) is 0 Å². The molecule has 1 aromatic rings. The summed E-state index contributed by atoms with van der Waals surface area (Å²) in [6.45, 7) is 3.03. The van der Waals surface area contributed by atoms with Crippen LogP contribution in [0.5, 0.6) is 0 Å². The minimum absolute atomic E-state index is 0.0550. The number of unbranched alkanes of at least 4 members (excludes halogenated alkanes) is 3. The van der Waals surface area contributed by atoms with E-state index in [1.807, 2.05) is 0 Å². The number of amides is 1. The smallest absolute Gasteiger partial charge is 0.274 e. The van der Waals surface area contributed by atoms with E-state index in [1.165, 1.54) is 6.07 Å². The molecular weight excluding hydrogens is 266 g/mol. The van der Waals surface area contributed by atoms with Gasteiger partial charge in [-0.05, 0) is 18.6 Å². The van der Waals surface area contributed by atoms with Crippen LogP contribution in [-0.4, -0.2) is 45.8 Å². The molecule has 0 saturated heterocycles. The van der Waals surface area contributed by atoms with E-state index in [0.29, 0.717) is 13.1 Å². The van der Waals surface area contributed by atoms with Crippen LogP contribution in [0.3, 0.4) is 0 Å². The van der Waals surface area contributed by atoms with Crippen LogP contribution in [0.15, 0.2) is 12.1 Å². The summed E-state index contributed by atoms with van der Waals surface area (Å²) in [4.78, 5) is 13.8. The maximum absolute atomic E-state index is 12.2. The van der Waals surface area contributed by atoms with Gasteiger partial charge in [-0.15, -0.1) is 10.2 Å². The molecule has 0 atom stereocenters. The average Bonchev–Trinajstić information content (AvgIpc) is 2.42. The summed E-state index contributed by atoms with van der Waals surface area (Å²) in [5, 5.41) is 16.7. The molecule has 106 valence electrons. The van der Waals surface area contributed by atoms with Crippen LogP contribution in [0.4, 0.5) is 0 Å². The van der Waals surface area contributed by atoms with Gasteiger partial charge in [0, 0.05) is 13.1 Å². The molecule has 0 saturated carbocycles. The van der Waals surface area contributed by atoms with Gasteiger partial charge in [0.15, 0.2) is 10.8 Å². The van der Waals surface area contributed by atoms with E-state index >= 15 is 0 Å². The zero-order valence-electron chi connectivity index (χ0n) is 11.2. The molecule has 0 aliphatic rings. The van der Waals surface area contributed by atoms with Gasteiger partial charge >= 0.3 is 0 Å². The van der Waals surface area contributed by atoms with Crippen molar-refractivity contribution in [1.29, 1.82) is 0 Å². The average molecular weight is 286 g/mol. The lowest BCUT2D eigenvalue weighted by Crippen LogP contribution is -2.35. The Morgan fingerprint density at radius 1 is 1.26 bits per heavy atom. The van der Waals surface area contributed by atoms with Crippen LogP contribution < -0.4 is 0 Å². The van der Waals surface area contributed by atoms with Gasteiger partial charge in [0.05, 0.1) is 6.61 Å². The van der Waals surface area contributed by atoms with Gasteiger partial charge in [-0.25, -0.2) is 0 Å². The lowest BCUT2D eigenvalue weighted by Gasteiger charge is -2.21. The second kappa shape index (κ2) is 8.82. The van der Waals surface area contributed by atoms with E-state index in [4.69, 9.17) is 16.7 Å². The van der Waals surface area contributed by atoms with Crippen molar-refractivity contribution in [2.75, 3.05) is 19.7 Å². The number of carbonyl (C=O) groups is 1. The van der Waals surface area contributed by atoms with Crippen molar-refractivity contribution in [2.24, 2.45) is 0 Å². The van der Waals surface area contributed by atoms with Crippen LogP contribution in [0, 0.1) is 0 Å². The summed E-state index contributed by atoms with van der Waals surface area (Å²) in [7, 11) is 0. The third-order valence-corrected chi connectivity index (χ3v) is 2.99. The molecule has 0 fully saturated rings. The van der Waals surface area contributed by atoms with E-state index in [0.717, 1.165) is 25.7 Å². The number of rotatable bonds is 8. The van der Waals surface area contributed by atoms with Gasteiger partial charge in [0.1, 0.15) is 0 Å². The highest BCUT2D eigenvalue weighted by atomic mass is 35.5. The van der Waals surface area contributed by atoms with E-state index in [2.05, 4.69) is 17.1 Å². The van der Waals surface area contributed by atoms with Crippen molar-refractivity contribution in [1.82, 2.24) is 15.1 Å². The fourth-order valence-electron chi connectivity index (χ4n) is 1.76. The minimum atomic E-state index is -0.213. The Morgan fingerprint density at radius 3 is 2.63 bits per heavy atom. The molecular formula is C13H20ClN3O2. The Hall–Kier alpha value is -1.20. The fraction of sp³-hybridized carbons (Fsp3) is 0.615. The highest BCUT2D eigenvalue weighted by molar-refractivity contribution is 6.29. The molecule has 1 amide bonds. The zero-order chi connectivity index (χ0) is 14.1. The summed E-state index contributed by atoms with van der Waals surface area (Å²) >= 11 is 5.64. The van der Waals surface area contributed by atoms with Gasteiger partial charge < -0.3 is 10.0 Å². The topological polar surface area (TPSA) is 66.3 Å². The highest BCUT2D eigenvalue weighted by Crippen LogP contribution is 2.07. The third-order valence-electron chi connectivity index (χ3n) is 2.79. The first-order valence-corrected chi connectivity index (χ1v) is 6.96. The van der Waals surface area contributed by atoms with Crippen molar-refractivity contribution in [3.8, 4) is 0 Å². The molecule has 0 unspecified atom stereocenters. The maximum Gasteiger partial charge on any atom is 0.274 e. The third kappa shape index (κ3) is 5.53. The second-order valence-electron chi connectivity index (χ2n) is 4.32. The van der Waals surface area contributed by atoms with E-state index in [-0.39, 0.29) is 23.4 Å². The Morgan fingerprint density at radius 2 is 2.05 bits per heavy atom. The molecule has 0 aromatic carbocycles. The monoisotopic (exact) mass is 285 g/mol. The first-order chi connectivity index (χ1) is 9.19. The molecule has 1 aromatic heterocycles. The zero-order valence-corrected chi connectivity index (χ0v) is 11.9. The Balaban J connectivity index is 2.58. The van der Waals surface area contributed by atoms with Gasteiger partial charge in [0.2, 0.25) is 0 Å². The largest absolute Gasteiger partial charge is 0.395 e. The van der Waals surface area contributed by atoms with E-state index in [1.54, 1.807) is 11.0 Å². The molecule has 1 heterocycles. The van der Waals surface area contributed by atoms with Crippen LogP contribution in [-0.2, 0) is 0 Å². The van der Waals surface area contributed by atoms with Gasteiger partial charge in [-0.1, -0.05) is 37.8 Å². The van der Waals surface area contributed by atoms with Crippen molar-refractivity contribution in [3.05, 3.63) is 23.0 Å². The van der Waals surface area contributed by atoms with E-state index < -0.39 is 0 Å². The van der Waals surface area contributed by atoms with Crippen LogP contribution in [0.25, 0.3) is 0 Å². The number of aliphatic hydroxyl groups excluding tert-OH is 1. The number of carbonyl (C=O) groups excluding carboxylic acids is 1. The first-order valence-electron chi connectivity index (χ1n) is 6.58. The molecule has 5 nitrogen and oxygen atoms in total. The summed E-state index contributed by atoms with van der Waals surface area (Å²) in [6, 6.07) is 3.09. The summed E-state index contributed by atoms with van der Waals surface area (Å²) in [5.74, 6) is -0.213. The van der Waals surface area contributed by atoms with Crippen molar-refractivity contribution in [2.45, 2.75) is 32.6 Å². The number of aromatic nitrogens is 2. The molecule has 0 bridgehead atoms. The van der Waals surface area contributed by atoms with Gasteiger partial charge in [0.25, 0.3) is 5.91 Å². The Kier molecular flexibility index (Phi) is 7.36. The fourth-order valence-corrected chi connectivity index (χ4v) is 1.86. The number of halogens is 1. The van der Waals surface area contributed by atoms with Crippen LogP contribution >= 0.6 is 11.6 Å². The molecule has 6 heteroatoms. The van der Waals surface area contributed by atoms with Gasteiger partial charge in [-0.3, -0.25) is 4.79 Å². The number of aliphatic hydroxyl groups is 1. The molecule has 1 rings (SSSR count). The predicted molar refractivity (Wildman–Crippen MR) is 74.2 cm³/mol. The normalized spacial score (nSPS) is 10.5. The quantitative estimate of drug-likeness (QED) is 0.743. The highest BCUT2D eigenvalue weighted by Gasteiger charge is 2.16. The van der Waals surface area contributed by atoms with Crippen LogP contribution in [0.2, 0.25) is 5.15 Å². The Bertz CT molecular complexity index is 384. The maximum atomic E-state index is 12.2. The lowest BCUT2D eigenvalue weighted by atomic mass is 10.2.